The fraction of sp³-hybridized carbons (Fsp3) is 0.714. The first-order valence-corrected chi connectivity index (χ1v) is 7.95. The average Bonchev–Trinajstić information content (AvgIpc) is 2.93. The van der Waals surface area contributed by atoms with Crippen molar-refractivity contribution in [3.63, 3.8) is 0 Å². The number of hydrogen-bond donors (Lipinski definition) is 2. The summed E-state index contributed by atoms with van der Waals surface area (Å²) < 4.78 is 0. The Labute approximate surface area is 129 Å². The van der Waals surface area contributed by atoms with E-state index in [2.05, 4.69) is 15.1 Å². The number of aromatic amines is 1. The van der Waals surface area contributed by atoms with Crippen LogP contribution in [0.2, 0.25) is 5.02 Å². The van der Waals surface area contributed by atoms with Crippen LogP contribution in [-0.2, 0) is 0 Å². The highest BCUT2D eigenvalue weighted by molar-refractivity contribution is 6.33. The van der Waals surface area contributed by atoms with Gasteiger partial charge in [-0.15, -0.1) is 0 Å². The molecule has 2 heterocycles. The van der Waals surface area contributed by atoms with Crippen molar-refractivity contribution in [2.45, 2.75) is 37.8 Å². The molecule has 0 spiro atoms. The van der Waals surface area contributed by atoms with Crippen LogP contribution in [0, 0.1) is 0 Å². The quantitative estimate of drug-likeness (QED) is 0.858. The van der Waals surface area contributed by atoms with Gasteiger partial charge in [0.1, 0.15) is 5.69 Å². The van der Waals surface area contributed by atoms with Crippen LogP contribution in [0.5, 0.6) is 0 Å². The number of piperazine rings is 1. The summed E-state index contributed by atoms with van der Waals surface area (Å²) in [5.74, 6) is -0.0960. The van der Waals surface area contributed by atoms with Crippen LogP contribution in [0.1, 0.15) is 36.2 Å². The first-order chi connectivity index (χ1) is 10.2. The first-order valence-electron chi connectivity index (χ1n) is 7.57. The van der Waals surface area contributed by atoms with Gasteiger partial charge < -0.3 is 10.0 Å². The Morgan fingerprint density at radius 2 is 2.00 bits per heavy atom. The molecule has 116 valence electrons. The molecule has 0 aromatic carbocycles. The predicted molar refractivity (Wildman–Crippen MR) is 79.3 cm³/mol. The molecule has 2 N–H and O–H groups in total. The standard InChI is InChI=1S/C14H21ClN4O2/c15-10-9-16-17-13(10)14(21)19-7-5-18(6-8-19)11-3-1-2-4-12(11)20/h9,11-12,20H,1-8H2,(H,16,17)/t11-,12-/m1/s1. The van der Waals surface area contributed by atoms with Crippen molar-refractivity contribution in [1.29, 1.82) is 0 Å². The van der Waals surface area contributed by atoms with E-state index in [9.17, 15) is 9.90 Å². The summed E-state index contributed by atoms with van der Waals surface area (Å²) in [6, 6.07) is 0.256. The van der Waals surface area contributed by atoms with Crippen LogP contribution in [0.3, 0.4) is 0 Å². The molecule has 21 heavy (non-hydrogen) atoms. The SMILES string of the molecule is O=C(c1[nH]ncc1Cl)N1CCN([C@@H]2CCCC[C@H]2O)CC1. The summed E-state index contributed by atoms with van der Waals surface area (Å²) in [6.07, 6.45) is 5.49. The minimum Gasteiger partial charge on any atom is -0.391 e. The number of aliphatic hydroxyl groups is 1. The topological polar surface area (TPSA) is 72.5 Å². The van der Waals surface area contributed by atoms with Crippen molar-refractivity contribution in [2.75, 3.05) is 26.2 Å². The number of amides is 1. The monoisotopic (exact) mass is 312 g/mol. The van der Waals surface area contributed by atoms with Crippen LogP contribution < -0.4 is 0 Å². The van der Waals surface area contributed by atoms with E-state index < -0.39 is 0 Å². The Balaban J connectivity index is 1.58. The molecule has 0 unspecified atom stereocenters. The Bertz CT molecular complexity index is 499. The molecule has 0 bridgehead atoms. The second kappa shape index (κ2) is 6.34. The molecule has 1 aromatic heterocycles. The van der Waals surface area contributed by atoms with Gasteiger partial charge in [0, 0.05) is 32.2 Å². The third-order valence-corrected chi connectivity index (χ3v) is 4.86. The molecule has 2 fully saturated rings. The second-order valence-electron chi connectivity index (χ2n) is 5.84. The Hall–Kier alpha value is -1.11. The van der Waals surface area contributed by atoms with Gasteiger partial charge in [0.2, 0.25) is 0 Å². The Morgan fingerprint density at radius 3 is 2.62 bits per heavy atom. The molecule has 1 saturated heterocycles. The summed E-state index contributed by atoms with van der Waals surface area (Å²) in [7, 11) is 0. The number of nitrogens with zero attached hydrogens (tertiary/aromatic N) is 3. The van der Waals surface area contributed by atoms with Gasteiger partial charge in [-0.05, 0) is 12.8 Å². The van der Waals surface area contributed by atoms with Crippen molar-refractivity contribution in [3.05, 3.63) is 16.9 Å². The van der Waals surface area contributed by atoms with Gasteiger partial charge in [0.15, 0.2) is 0 Å². The molecule has 3 rings (SSSR count). The Kier molecular flexibility index (Phi) is 4.47. The lowest BCUT2D eigenvalue weighted by atomic mass is 9.91. The van der Waals surface area contributed by atoms with Crippen LogP contribution >= 0.6 is 11.6 Å². The lowest BCUT2D eigenvalue weighted by Gasteiger charge is -2.42. The van der Waals surface area contributed by atoms with E-state index in [4.69, 9.17) is 11.6 Å². The van der Waals surface area contributed by atoms with E-state index in [1.807, 2.05) is 0 Å². The summed E-state index contributed by atoms with van der Waals surface area (Å²) >= 11 is 5.94. The van der Waals surface area contributed by atoms with Crippen molar-refractivity contribution >= 4 is 17.5 Å². The third kappa shape index (κ3) is 3.07. The van der Waals surface area contributed by atoms with Crippen LogP contribution in [0.25, 0.3) is 0 Å². The molecular weight excluding hydrogens is 292 g/mol. The fourth-order valence-electron chi connectivity index (χ4n) is 3.35. The van der Waals surface area contributed by atoms with E-state index in [0.717, 1.165) is 32.4 Å². The van der Waals surface area contributed by atoms with Crippen LogP contribution in [-0.4, -0.2) is 69.3 Å². The number of aromatic nitrogens is 2. The largest absolute Gasteiger partial charge is 0.391 e. The molecular formula is C14H21ClN4O2. The summed E-state index contributed by atoms with van der Waals surface area (Å²) in [6.45, 7) is 2.94. The molecule has 2 aliphatic rings. The van der Waals surface area contributed by atoms with Gasteiger partial charge in [-0.25, -0.2) is 0 Å². The lowest BCUT2D eigenvalue weighted by Crippen LogP contribution is -2.55. The zero-order chi connectivity index (χ0) is 14.8. The number of H-pyrrole nitrogens is 1. The van der Waals surface area contributed by atoms with E-state index >= 15 is 0 Å². The first kappa shape index (κ1) is 14.8. The molecule has 7 heteroatoms. The van der Waals surface area contributed by atoms with Gasteiger partial charge in [-0.2, -0.15) is 5.10 Å². The average molecular weight is 313 g/mol. The Morgan fingerprint density at radius 1 is 1.29 bits per heavy atom. The molecule has 0 radical (unpaired) electrons. The van der Waals surface area contributed by atoms with E-state index in [1.54, 1.807) is 4.90 Å². The predicted octanol–water partition coefficient (Wildman–Crippen LogP) is 1.12. The van der Waals surface area contributed by atoms with E-state index in [-0.39, 0.29) is 18.1 Å². The van der Waals surface area contributed by atoms with Crippen molar-refractivity contribution in [1.82, 2.24) is 20.0 Å². The number of carbonyl (C=O) groups excluding carboxylic acids is 1. The van der Waals surface area contributed by atoms with E-state index in [0.29, 0.717) is 23.8 Å². The number of carbonyl (C=O) groups is 1. The fourth-order valence-corrected chi connectivity index (χ4v) is 3.53. The molecule has 6 nitrogen and oxygen atoms in total. The minimum absolute atomic E-state index is 0.0960. The molecule has 2 atom stereocenters. The van der Waals surface area contributed by atoms with Crippen LogP contribution in [0.15, 0.2) is 6.20 Å². The van der Waals surface area contributed by atoms with Crippen molar-refractivity contribution in [2.24, 2.45) is 0 Å². The maximum atomic E-state index is 12.3. The molecule has 1 saturated carbocycles. The molecule has 1 amide bonds. The third-order valence-electron chi connectivity index (χ3n) is 4.57. The van der Waals surface area contributed by atoms with E-state index in [1.165, 1.54) is 12.6 Å². The van der Waals surface area contributed by atoms with Crippen LogP contribution in [0.4, 0.5) is 0 Å². The molecule has 1 aliphatic carbocycles. The number of rotatable bonds is 2. The van der Waals surface area contributed by atoms with Gasteiger partial charge in [0.25, 0.3) is 5.91 Å². The zero-order valence-electron chi connectivity index (χ0n) is 12.0. The summed E-state index contributed by atoms with van der Waals surface area (Å²) in [5.41, 5.74) is 0.364. The number of hydrogen-bond acceptors (Lipinski definition) is 4. The van der Waals surface area contributed by atoms with Crippen molar-refractivity contribution in [3.8, 4) is 0 Å². The number of aliphatic hydroxyl groups excluding tert-OH is 1. The summed E-state index contributed by atoms with van der Waals surface area (Å²) in [4.78, 5) is 16.4. The summed E-state index contributed by atoms with van der Waals surface area (Å²) in [5, 5.41) is 16.9. The molecule has 1 aliphatic heterocycles. The highest BCUT2D eigenvalue weighted by Crippen LogP contribution is 2.24. The molecule has 1 aromatic rings. The number of halogens is 1. The number of nitrogens with one attached hydrogen (secondary N) is 1. The highest BCUT2D eigenvalue weighted by Gasteiger charge is 2.32. The maximum absolute atomic E-state index is 12.3. The van der Waals surface area contributed by atoms with Gasteiger partial charge in [-0.3, -0.25) is 14.8 Å². The van der Waals surface area contributed by atoms with Gasteiger partial charge in [-0.1, -0.05) is 24.4 Å². The second-order valence-corrected chi connectivity index (χ2v) is 6.25. The van der Waals surface area contributed by atoms with Gasteiger partial charge >= 0.3 is 0 Å². The highest BCUT2D eigenvalue weighted by atomic mass is 35.5. The smallest absolute Gasteiger partial charge is 0.273 e. The zero-order valence-corrected chi connectivity index (χ0v) is 12.7. The maximum Gasteiger partial charge on any atom is 0.273 e. The van der Waals surface area contributed by atoms with Crippen molar-refractivity contribution < 1.29 is 9.90 Å². The normalized spacial score (nSPS) is 27.8. The minimum atomic E-state index is -0.219. The van der Waals surface area contributed by atoms with Gasteiger partial charge in [0.05, 0.1) is 17.3 Å². The lowest BCUT2D eigenvalue weighted by molar-refractivity contribution is -0.00182.